The third-order valence-electron chi connectivity index (χ3n) is 3.94. The Morgan fingerprint density at radius 3 is 2.24 bits per heavy atom. The maximum atomic E-state index is 13.2. The van der Waals surface area contributed by atoms with Gasteiger partial charge in [0.15, 0.2) is 17.5 Å². The molecule has 0 radical (unpaired) electrons. The molecule has 3 nitrogen and oxygen atoms in total. The Bertz CT molecular complexity index is 473. The summed E-state index contributed by atoms with van der Waals surface area (Å²) in [5.41, 5.74) is 0.411. The first kappa shape index (κ1) is 16.3. The predicted molar refractivity (Wildman–Crippen MR) is 74.2 cm³/mol. The minimum atomic E-state index is -1.43. The summed E-state index contributed by atoms with van der Waals surface area (Å²) in [7, 11) is 3.95. The normalized spacial score (nSPS) is 23.2. The number of rotatable bonds is 5. The van der Waals surface area contributed by atoms with E-state index in [1.165, 1.54) is 0 Å². The SMILES string of the molecule is CN(C)C[C@@H]1CN(Cc2cc(F)c(F)c(F)c2)C[C@@H]1CO. The number of hydrogen-bond acceptors (Lipinski definition) is 3. The van der Waals surface area contributed by atoms with Gasteiger partial charge in [0.1, 0.15) is 0 Å². The molecule has 1 aliphatic rings. The van der Waals surface area contributed by atoms with Gasteiger partial charge in [-0.05, 0) is 43.6 Å². The molecule has 0 saturated carbocycles. The Morgan fingerprint density at radius 1 is 1.14 bits per heavy atom. The van der Waals surface area contributed by atoms with Crippen LogP contribution in [-0.4, -0.2) is 55.2 Å². The van der Waals surface area contributed by atoms with Crippen LogP contribution in [0.4, 0.5) is 13.2 Å². The van der Waals surface area contributed by atoms with Gasteiger partial charge in [0.25, 0.3) is 0 Å². The molecule has 21 heavy (non-hydrogen) atoms. The van der Waals surface area contributed by atoms with Crippen molar-refractivity contribution in [3.63, 3.8) is 0 Å². The molecule has 1 saturated heterocycles. The molecule has 2 rings (SSSR count). The molecule has 0 aromatic heterocycles. The number of halogens is 3. The molecule has 1 aliphatic heterocycles. The van der Waals surface area contributed by atoms with Gasteiger partial charge < -0.3 is 10.0 Å². The van der Waals surface area contributed by atoms with E-state index < -0.39 is 17.5 Å². The van der Waals surface area contributed by atoms with Gasteiger partial charge in [0, 0.05) is 32.8 Å². The fourth-order valence-corrected chi connectivity index (χ4v) is 3.01. The van der Waals surface area contributed by atoms with Crippen molar-refractivity contribution in [1.82, 2.24) is 9.80 Å². The van der Waals surface area contributed by atoms with E-state index >= 15 is 0 Å². The summed E-state index contributed by atoms with van der Waals surface area (Å²) in [6.07, 6.45) is 0. The Morgan fingerprint density at radius 2 is 1.71 bits per heavy atom. The van der Waals surface area contributed by atoms with E-state index in [0.29, 0.717) is 24.6 Å². The summed E-state index contributed by atoms with van der Waals surface area (Å²) >= 11 is 0. The van der Waals surface area contributed by atoms with Gasteiger partial charge in [-0.2, -0.15) is 0 Å². The van der Waals surface area contributed by atoms with Crippen molar-refractivity contribution < 1.29 is 18.3 Å². The third-order valence-corrected chi connectivity index (χ3v) is 3.94. The first-order valence-electron chi connectivity index (χ1n) is 7.02. The van der Waals surface area contributed by atoms with Crippen molar-refractivity contribution in [2.45, 2.75) is 6.54 Å². The predicted octanol–water partition coefficient (Wildman–Crippen LogP) is 1.71. The Balaban J connectivity index is 2.04. The number of likely N-dealkylation sites (tertiary alicyclic amines) is 1. The highest BCUT2D eigenvalue weighted by molar-refractivity contribution is 5.19. The topological polar surface area (TPSA) is 26.7 Å². The molecule has 1 N–H and O–H groups in total. The second-order valence-electron chi connectivity index (χ2n) is 6.03. The van der Waals surface area contributed by atoms with Crippen LogP contribution in [0.15, 0.2) is 12.1 Å². The lowest BCUT2D eigenvalue weighted by atomic mass is 9.97. The highest BCUT2D eigenvalue weighted by Crippen LogP contribution is 2.26. The zero-order valence-electron chi connectivity index (χ0n) is 12.3. The molecule has 0 bridgehead atoms. The van der Waals surface area contributed by atoms with E-state index in [0.717, 1.165) is 25.2 Å². The summed E-state index contributed by atoms with van der Waals surface area (Å²) < 4.78 is 39.4. The fraction of sp³-hybridized carbons (Fsp3) is 0.600. The molecular formula is C15H21F3N2O. The summed E-state index contributed by atoms with van der Waals surface area (Å²) in [4.78, 5) is 4.11. The van der Waals surface area contributed by atoms with Gasteiger partial charge >= 0.3 is 0 Å². The second kappa shape index (κ2) is 6.77. The Hall–Kier alpha value is -1.11. The molecule has 1 heterocycles. The minimum Gasteiger partial charge on any atom is -0.396 e. The first-order chi connectivity index (χ1) is 9.90. The molecule has 0 spiro atoms. The van der Waals surface area contributed by atoms with Crippen LogP contribution in [0.5, 0.6) is 0 Å². The third kappa shape index (κ3) is 3.96. The van der Waals surface area contributed by atoms with Crippen molar-refractivity contribution in [2.75, 3.05) is 40.3 Å². The van der Waals surface area contributed by atoms with Gasteiger partial charge in [-0.1, -0.05) is 0 Å². The van der Waals surface area contributed by atoms with Crippen molar-refractivity contribution in [2.24, 2.45) is 11.8 Å². The largest absolute Gasteiger partial charge is 0.396 e. The summed E-state index contributed by atoms with van der Waals surface area (Å²) in [5, 5.41) is 9.44. The number of benzene rings is 1. The van der Waals surface area contributed by atoms with Crippen molar-refractivity contribution in [1.29, 1.82) is 0 Å². The summed E-state index contributed by atoms with van der Waals surface area (Å²) in [6.45, 7) is 2.74. The highest BCUT2D eigenvalue weighted by Gasteiger charge is 2.32. The highest BCUT2D eigenvalue weighted by atomic mass is 19.2. The first-order valence-corrected chi connectivity index (χ1v) is 7.02. The van der Waals surface area contributed by atoms with Crippen LogP contribution in [0, 0.1) is 29.3 Å². The lowest BCUT2D eigenvalue weighted by Crippen LogP contribution is -2.28. The number of nitrogens with zero attached hydrogens (tertiary/aromatic N) is 2. The fourth-order valence-electron chi connectivity index (χ4n) is 3.01. The van der Waals surface area contributed by atoms with E-state index in [2.05, 4.69) is 4.90 Å². The van der Waals surface area contributed by atoms with Crippen molar-refractivity contribution in [3.8, 4) is 0 Å². The average Bonchev–Trinajstić information content (AvgIpc) is 2.76. The second-order valence-corrected chi connectivity index (χ2v) is 6.03. The Kier molecular flexibility index (Phi) is 5.24. The number of aliphatic hydroxyl groups is 1. The minimum absolute atomic E-state index is 0.0984. The molecule has 1 aromatic rings. The van der Waals surface area contributed by atoms with Crippen LogP contribution in [0.1, 0.15) is 5.56 Å². The zero-order valence-corrected chi connectivity index (χ0v) is 12.3. The van der Waals surface area contributed by atoms with E-state index in [1.807, 2.05) is 19.0 Å². The molecule has 1 aromatic carbocycles. The maximum absolute atomic E-state index is 13.2. The van der Waals surface area contributed by atoms with Crippen LogP contribution in [0.3, 0.4) is 0 Å². The molecule has 0 aliphatic carbocycles. The number of hydrogen-bond donors (Lipinski definition) is 1. The lowest BCUT2D eigenvalue weighted by molar-refractivity contribution is 0.183. The molecule has 6 heteroatoms. The molecule has 118 valence electrons. The Labute approximate surface area is 123 Å². The van der Waals surface area contributed by atoms with Gasteiger partial charge in [-0.25, -0.2) is 13.2 Å². The molecule has 0 unspecified atom stereocenters. The molecule has 2 atom stereocenters. The van der Waals surface area contributed by atoms with Crippen LogP contribution in [-0.2, 0) is 6.54 Å². The molecule has 0 amide bonds. The lowest BCUT2D eigenvalue weighted by Gasteiger charge is -2.20. The smallest absolute Gasteiger partial charge is 0.194 e. The van der Waals surface area contributed by atoms with Crippen molar-refractivity contribution in [3.05, 3.63) is 35.1 Å². The number of aliphatic hydroxyl groups excluding tert-OH is 1. The standard InChI is InChI=1S/C15H21F3N2O/c1-19(2)6-11-7-20(8-12(11)9-21)5-10-3-13(16)15(18)14(17)4-10/h3-4,11-12,21H,5-9H2,1-2H3/t11-,12-/m1/s1. The van der Waals surface area contributed by atoms with Crippen molar-refractivity contribution >= 4 is 0 Å². The van der Waals surface area contributed by atoms with E-state index in [9.17, 15) is 18.3 Å². The van der Waals surface area contributed by atoms with Gasteiger partial charge in [0.05, 0.1) is 0 Å². The maximum Gasteiger partial charge on any atom is 0.194 e. The van der Waals surface area contributed by atoms with Gasteiger partial charge in [0.2, 0.25) is 0 Å². The van der Waals surface area contributed by atoms with E-state index in [1.54, 1.807) is 0 Å². The van der Waals surface area contributed by atoms with Gasteiger partial charge in [-0.15, -0.1) is 0 Å². The monoisotopic (exact) mass is 302 g/mol. The van der Waals surface area contributed by atoms with E-state index in [4.69, 9.17) is 0 Å². The van der Waals surface area contributed by atoms with Crippen LogP contribution < -0.4 is 0 Å². The molecular weight excluding hydrogens is 281 g/mol. The zero-order chi connectivity index (χ0) is 15.6. The van der Waals surface area contributed by atoms with E-state index in [-0.39, 0.29) is 12.5 Å². The van der Waals surface area contributed by atoms with Gasteiger partial charge in [-0.3, -0.25) is 4.90 Å². The van der Waals surface area contributed by atoms with Crippen LogP contribution in [0.2, 0.25) is 0 Å². The average molecular weight is 302 g/mol. The summed E-state index contributed by atoms with van der Waals surface area (Å²) in [5.74, 6) is -3.28. The van der Waals surface area contributed by atoms with Crippen LogP contribution in [0.25, 0.3) is 0 Å². The quantitative estimate of drug-likeness (QED) is 0.839. The van der Waals surface area contributed by atoms with Crippen LogP contribution >= 0.6 is 0 Å². The molecule has 1 fully saturated rings. The summed E-state index contributed by atoms with van der Waals surface area (Å²) in [6, 6.07) is 2.07.